The number of benzene rings is 1. The van der Waals surface area contributed by atoms with Crippen molar-refractivity contribution in [2.75, 3.05) is 11.9 Å². The monoisotopic (exact) mass is 389 g/mol. The molecular weight excluding hydrogens is 346 g/mol. The number of carboxylic acid groups (broad SMARTS) is 1. The summed E-state index contributed by atoms with van der Waals surface area (Å²) in [6, 6.07) is 7.79. The fraction of sp³-hybridized carbons (Fsp3) is 0.720. The number of carbonyl (C=O) groups is 1. The number of aliphatic carboxylic acids is 1. The summed E-state index contributed by atoms with van der Waals surface area (Å²) in [5.74, 6) is -1.22. The number of rotatable bonds is 18. The van der Waals surface area contributed by atoms with Gasteiger partial charge in [0, 0.05) is 12.2 Å². The highest BCUT2D eigenvalue weighted by Crippen LogP contribution is 2.18. The number of carboxylic acids is 1. The minimum Gasteiger partial charge on any atom is -0.481 e. The quantitative estimate of drug-likeness (QED) is 0.252. The van der Waals surface area contributed by atoms with Crippen molar-refractivity contribution in [3.8, 4) is 0 Å². The van der Waals surface area contributed by atoms with Crippen LogP contribution < -0.4 is 5.32 Å². The molecule has 160 valence electrons. The largest absolute Gasteiger partial charge is 0.481 e. The zero-order valence-corrected chi connectivity index (χ0v) is 18.3. The van der Waals surface area contributed by atoms with Crippen molar-refractivity contribution in [2.24, 2.45) is 0 Å². The maximum absolute atomic E-state index is 11.0. The second-order valence-corrected chi connectivity index (χ2v) is 8.20. The van der Waals surface area contributed by atoms with Crippen LogP contribution in [0.25, 0.3) is 0 Å². The van der Waals surface area contributed by atoms with Crippen molar-refractivity contribution in [2.45, 2.75) is 110 Å². The van der Waals surface area contributed by atoms with Crippen molar-refractivity contribution in [1.82, 2.24) is 0 Å². The van der Waals surface area contributed by atoms with Gasteiger partial charge in [-0.1, -0.05) is 103 Å². The first-order valence-electron chi connectivity index (χ1n) is 11.7. The Morgan fingerprint density at radius 2 is 1.21 bits per heavy atom. The molecule has 1 aromatic rings. The molecule has 3 nitrogen and oxygen atoms in total. The molecule has 0 bridgehead atoms. The van der Waals surface area contributed by atoms with Gasteiger partial charge in [-0.05, 0) is 31.0 Å². The molecule has 2 N–H and O–H groups in total. The minimum atomic E-state index is -0.775. The van der Waals surface area contributed by atoms with E-state index < -0.39 is 11.9 Å². The third-order valence-corrected chi connectivity index (χ3v) is 5.64. The van der Waals surface area contributed by atoms with Crippen molar-refractivity contribution in [1.29, 1.82) is 0 Å². The summed E-state index contributed by atoms with van der Waals surface area (Å²) in [7, 11) is 0. The van der Waals surface area contributed by atoms with Gasteiger partial charge in [-0.25, -0.2) is 0 Å². The fourth-order valence-corrected chi connectivity index (χ4v) is 3.58. The smallest absolute Gasteiger partial charge is 0.310 e. The lowest BCUT2D eigenvalue weighted by molar-refractivity contribution is -0.138. The van der Waals surface area contributed by atoms with Gasteiger partial charge in [0.2, 0.25) is 0 Å². The summed E-state index contributed by atoms with van der Waals surface area (Å²) >= 11 is 0. The second-order valence-electron chi connectivity index (χ2n) is 8.20. The minimum absolute atomic E-state index is 0.445. The SMILES string of the molecule is CCCCCCCCCCCCCCCCNc1ccc(C(C)C(=O)O)cc1. The Kier molecular flexibility index (Phi) is 14.4. The molecule has 0 aliphatic carbocycles. The highest BCUT2D eigenvalue weighted by molar-refractivity contribution is 5.75. The molecule has 0 aliphatic heterocycles. The molecule has 1 rings (SSSR count). The summed E-state index contributed by atoms with van der Waals surface area (Å²) in [5, 5.41) is 12.5. The maximum Gasteiger partial charge on any atom is 0.310 e. The van der Waals surface area contributed by atoms with E-state index in [0.717, 1.165) is 17.8 Å². The lowest BCUT2D eigenvalue weighted by atomic mass is 10.0. The molecule has 28 heavy (non-hydrogen) atoms. The van der Waals surface area contributed by atoms with E-state index in [1.807, 2.05) is 24.3 Å². The molecule has 0 radical (unpaired) electrons. The third-order valence-electron chi connectivity index (χ3n) is 5.64. The lowest BCUT2D eigenvalue weighted by Gasteiger charge is -2.09. The Morgan fingerprint density at radius 3 is 1.64 bits per heavy atom. The number of nitrogens with one attached hydrogen (secondary N) is 1. The lowest BCUT2D eigenvalue weighted by Crippen LogP contribution is -2.07. The van der Waals surface area contributed by atoms with Crippen molar-refractivity contribution in [3.63, 3.8) is 0 Å². The Hall–Kier alpha value is -1.51. The van der Waals surface area contributed by atoms with Crippen LogP contribution in [0.1, 0.15) is 115 Å². The van der Waals surface area contributed by atoms with Gasteiger partial charge >= 0.3 is 5.97 Å². The molecule has 1 aromatic carbocycles. The topological polar surface area (TPSA) is 49.3 Å². The van der Waals surface area contributed by atoms with Crippen LogP contribution in [0.3, 0.4) is 0 Å². The van der Waals surface area contributed by atoms with E-state index in [1.165, 1.54) is 89.9 Å². The molecule has 0 heterocycles. The van der Waals surface area contributed by atoms with Gasteiger partial charge in [-0.3, -0.25) is 4.79 Å². The van der Waals surface area contributed by atoms with Crippen LogP contribution in [0.15, 0.2) is 24.3 Å². The zero-order valence-electron chi connectivity index (χ0n) is 18.3. The fourth-order valence-electron chi connectivity index (χ4n) is 3.58. The normalized spacial score (nSPS) is 12.1. The first-order chi connectivity index (χ1) is 13.6. The van der Waals surface area contributed by atoms with Crippen LogP contribution in [0.5, 0.6) is 0 Å². The first kappa shape index (κ1) is 24.5. The van der Waals surface area contributed by atoms with E-state index in [9.17, 15) is 4.79 Å². The van der Waals surface area contributed by atoms with Gasteiger partial charge in [0.25, 0.3) is 0 Å². The van der Waals surface area contributed by atoms with Gasteiger partial charge < -0.3 is 10.4 Å². The van der Waals surface area contributed by atoms with Crippen LogP contribution in [-0.2, 0) is 4.79 Å². The number of hydrogen-bond donors (Lipinski definition) is 2. The molecule has 1 atom stereocenters. The van der Waals surface area contributed by atoms with E-state index in [2.05, 4.69) is 12.2 Å². The maximum atomic E-state index is 11.0. The summed E-state index contributed by atoms with van der Waals surface area (Å²) in [5.41, 5.74) is 1.94. The van der Waals surface area contributed by atoms with Crippen molar-refractivity contribution in [3.05, 3.63) is 29.8 Å². The standard InChI is InChI=1S/C25H43NO2/c1-3-4-5-6-7-8-9-10-11-12-13-14-15-16-21-26-24-19-17-23(18-20-24)22(2)25(27)28/h17-20,22,26H,3-16,21H2,1-2H3,(H,27,28). The molecule has 3 heteroatoms. The average molecular weight is 390 g/mol. The number of unbranched alkanes of at least 4 members (excludes halogenated alkanes) is 13. The van der Waals surface area contributed by atoms with E-state index >= 15 is 0 Å². The molecule has 0 aliphatic rings. The molecule has 0 spiro atoms. The summed E-state index contributed by atoms with van der Waals surface area (Å²) in [6.07, 6.45) is 19.4. The van der Waals surface area contributed by atoms with Gasteiger partial charge in [0.15, 0.2) is 0 Å². The molecule has 0 aromatic heterocycles. The second kappa shape index (κ2) is 16.4. The van der Waals surface area contributed by atoms with E-state index in [-0.39, 0.29) is 0 Å². The van der Waals surface area contributed by atoms with Gasteiger partial charge in [0.1, 0.15) is 0 Å². The number of hydrogen-bond acceptors (Lipinski definition) is 2. The molecule has 0 fully saturated rings. The van der Waals surface area contributed by atoms with Gasteiger partial charge in [-0.15, -0.1) is 0 Å². The predicted octanol–water partition coefficient (Wildman–Crippen LogP) is 7.77. The van der Waals surface area contributed by atoms with Crippen LogP contribution in [0.4, 0.5) is 5.69 Å². The summed E-state index contributed by atoms with van der Waals surface area (Å²) < 4.78 is 0. The Morgan fingerprint density at radius 1 is 0.786 bits per heavy atom. The van der Waals surface area contributed by atoms with Crippen LogP contribution >= 0.6 is 0 Å². The Bertz CT molecular complexity index is 498. The third kappa shape index (κ3) is 12.0. The van der Waals surface area contributed by atoms with Crippen LogP contribution in [0.2, 0.25) is 0 Å². The molecule has 0 amide bonds. The van der Waals surface area contributed by atoms with Crippen molar-refractivity contribution >= 4 is 11.7 Å². The molecule has 1 unspecified atom stereocenters. The predicted molar refractivity (Wildman–Crippen MR) is 121 cm³/mol. The molecular formula is C25H43NO2. The average Bonchev–Trinajstić information content (AvgIpc) is 2.70. The molecule has 0 saturated heterocycles. The molecule has 0 saturated carbocycles. The van der Waals surface area contributed by atoms with Gasteiger partial charge in [0.05, 0.1) is 5.92 Å². The highest BCUT2D eigenvalue weighted by atomic mass is 16.4. The van der Waals surface area contributed by atoms with E-state index in [0.29, 0.717) is 0 Å². The zero-order chi connectivity index (χ0) is 20.5. The van der Waals surface area contributed by atoms with E-state index in [4.69, 9.17) is 5.11 Å². The summed E-state index contributed by atoms with van der Waals surface area (Å²) in [6.45, 7) is 4.99. The highest BCUT2D eigenvalue weighted by Gasteiger charge is 2.12. The summed E-state index contributed by atoms with van der Waals surface area (Å²) in [4.78, 5) is 11.0. The Balaban J connectivity index is 1.89. The Labute approximate surface area is 173 Å². The van der Waals surface area contributed by atoms with Crippen molar-refractivity contribution < 1.29 is 9.90 Å². The van der Waals surface area contributed by atoms with Crippen LogP contribution in [-0.4, -0.2) is 17.6 Å². The number of anilines is 1. The van der Waals surface area contributed by atoms with Gasteiger partial charge in [-0.2, -0.15) is 0 Å². The van der Waals surface area contributed by atoms with Crippen LogP contribution in [0, 0.1) is 0 Å². The van der Waals surface area contributed by atoms with E-state index in [1.54, 1.807) is 6.92 Å². The first-order valence-corrected chi connectivity index (χ1v) is 11.7.